The fraction of sp³-hybridized carbons (Fsp3) is 0. The van der Waals surface area contributed by atoms with Crippen LogP contribution in [0, 0.1) is 0 Å². The second kappa shape index (κ2) is 3.70. The van der Waals surface area contributed by atoms with Gasteiger partial charge in [0, 0.05) is 27.1 Å². The topological polar surface area (TPSA) is 12.9 Å². The SMILES string of the molecule is Sc1ccc(Cl)cc1-c1nccs1. The van der Waals surface area contributed by atoms with E-state index in [0.29, 0.717) is 5.02 Å². The third kappa shape index (κ3) is 1.88. The maximum Gasteiger partial charge on any atom is 0.124 e. The molecule has 0 radical (unpaired) electrons. The van der Waals surface area contributed by atoms with Crippen LogP contribution >= 0.6 is 35.6 Å². The van der Waals surface area contributed by atoms with Crippen LogP contribution in [-0.4, -0.2) is 4.98 Å². The van der Waals surface area contributed by atoms with Gasteiger partial charge in [-0.1, -0.05) is 11.6 Å². The van der Waals surface area contributed by atoms with Crippen molar-refractivity contribution in [1.29, 1.82) is 0 Å². The van der Waals surface area contributed by atoms with Gasteiger partial charge in [-0.05, 0) is 18.2 Å². The number of thiazole rings is 1. The molecule has 0 saturated carbocycles. The predicted molar refractivity (Wildman–Crippen MR) is 59.8 cm³/mol. The molecule has 0 bridgehead atoms. The van der Waals surface area contributed by atoms with Crippen molar-refractivity contribution in [2.24, 2.45) is 0 Å². The molecule has 0 saturated heterocycles. The van der Waals surface area contributed by atoms with Crippen molar-refractivity contribution in [3.63, 3.8) is 0 Å². The lowest BCUT2D eigenvalue weighted by Crippen LogP contribution is -1.78. The van der Waals surface area contributed by atoms with Crippen molar-refractivity contribution in [3.05, 3.63) is 34.8 Å². The highest BCUT2D eigenvalue weighted by atomic mass is 35.5. The summed E-state index contributed by atoms with van der Waals surface area (Å²) in [5, 5.41) is 3.60. The third-order valence-electron chi connectivity index (χ3n) is 1.62. The molecule has 66 valence electrons. The van der Waals surface area contributed by atoms with E-state index in [9.17, 15) is 0 Å². The summed E-state index contributed by atoms with van der Waals surface area (Å²) in [6, 6.07) is 5.58. The monoisotopic (exact) mass is 227 g/mol. The molecule has 0 unspecified atom stereocenters. The maximum absolute atomic E-state index is 5.88. The summed E-state index contributed by atoms with van der Waals surface area (Å²) in [4.78, 5) is 5.10. The molecule has 0 aliphatic heterocycles. The van der Waals surface area contributed by atoms with Gasteiger partial charge in [0.1, 0.15) is 5.01 Å². The maximum atomic E-state index is 5.88. The van der Waals surface area contributed by atoms with E-state index in [0.717, 1.165) is 15.5 Å². The standard InChI is InChI=1S/C9H6ClNS2/c10-6-1-2-8(12)7(5-6)9-11-3-4-13-9/h1-5,12H. The summed E-state index contributed by atoms with van der Waals surface area (Å²) < 4.78 is 0. The van der Waals surface area contributed by atoms with Gasteiger partial charge in [-0.2, -0.15) is 0 Å². The highest BCUT2D eigenvalue weighted by Crippen LogP contribution is 2.30. The minimum absolute atomic E-state index is 0.711. The van der Waals surface area contributed by atoms with Gasteiger partial charge in [0.25, 0.3) is 0 Å². The Hall–Kier alpha value is -0.510. The lowest BCUT2D eigenvalue weighted by atomic mass is 10.2. The van der Waals surface area contributed by atoms with E-state index in [1.165, 1.54) is 0 Å². The molecule has 13 heavy (non-hydrogen) atoms. The van der Waals surface area contributed by atoms with Gasteiger partial charge in [0.2, 0.25) is 0 Å². The van der Waals surface area contributed by atoms with E-state index in [1.54, 1.807) is 17.5 Å². The van der Waals surface area contributed by atoms with Crippen LogP contribution in [0.2, 0.25) is 5.02 Å². The zero-order valence-electron chi connectivity index (χ0n) is 6.57. The first-order valence-electron chi connectivity index (χ1n) is 3.66. The molecule has 0 N–H and O–H groups in total. The van der Waals surface area contributed by atoms with Gasteiger partial charge in [0.05, 0.1) is 0 Å². The second-order valence-electron chi connectivity index (χ2n) is 2.50. The van der Waals surface area contributed by atoms with Crippen LogP contribution in [0.5, 0.6) is 0 Å². The summed E-state index contributed by atoms with van der Waals surface area (Å²) in [6.07, 6.45) is 1.77. The number of hydrogen-bond acceptors (Lipinski definition) is 3. The van der Waals surface area contributed by atoms with E-state index in [-0.39, 0.29) is 0 Å². The van der Waals surface area contributed by atoms with Crippen molar-refractivity contribution in [1.82, 2.24) is 4.98 Å². The molecule has 1 aromatic heterocycles. The zero-order valence-corrected chi connectivity index (χ0v) is 9.03. The van der Waals surface area contributed by atoms with Crippen molar-refractivity contribution in [2.45, 2.75) is 4.90 Å². The molecule has 2 aromatic rings. The Balaban J connectivity index is 2.57. The van der Waals surface area contributed by atoms with Crippen molar-refractivity contribution < 1.29 is 0 Å². The summed E-state index contributed by atoms with van der Waals surface area (Å²) in [6.45, 7) is 0. The molecule has 2 rings (SSSR count). The molecule has 4 heteroatoms. The number of hydrogen-bond donors (Lipinski definition) is 1. The average Bonchev–Trinajstić information content (AvgIpc) is 2.61. The number of halogens is 1. The van der Waals surface area contributed by atoms with E-state index >= 15 is 0 Å². The van der Waals surface area contributed by atoms with Crippen LogP contribution in [0.25, 0.3) is 10.6 Å². The number of thiol groups is 1. The molecule has 0 aliphatic carbocycles. The third-order valence-corrected chi connectivity index (χ3v) is 3.05. The van der Waals surface area contributed by atoms with Gasteiger partial charge in [-0.15, -0.1) is 24.0 Å². The van der Waals surface area contributed by atoms with Gasteiger partial charge in [-0.25, -0.2) is 4.98 Å². The highest BCUT2D eigenvalue weighted by molar-refractivity contribution is 7.80. The molecule has 0 spiro atoms. The van der Waals surface area contributed by atoms with E-state index in [1.807, 2.05) is 23.6 Å². The second-order valence-corrected chi connectivity index (χ2v) is 4.31. The average molecular weight is 228 g/mol. The largest absolute Gasteiger partial charge is 0.245 e. The van der Waals surface area contributed by atoms with Crippen LogP contribution in [0.15, 0.2) is 34.7 Å². The molecule has 0 fully saturated rings. The highest BCUT2D eigenvalue weighted by Gasteiger charge is 2.04. The first-order valence-corrected chi connectivity index (χ1v) is 5.36. The van der Waals surface area contributed by atoms with Crippen LogP contribution in [0.3, 0.4) is 0 Å². The van der Waals surface area contributed by atoms with Crippen LogP contribution in [0.4, 0.5) is 0 Å². The summed E-state index contributed by atoms with van der Waals surface area (Å²) >= 11 is 11.8. The normalized spacial score (nSPS) is 10.3. The van der Waals surface area contributed by atoms with Gasteiger partial charge in [0.15, 0.2) is 0 Å². The molecule has 0 aliphatic rings. The molecule has 1 nitrogen and oxygen atoms in total. The molecule has 1 aromatic carbocycles. The lowest BCUT2D eigenvalue weighted by molar-refractivity contribution is 1.37. The molecule has 0 atom stereocenters. The van der Waals surface area contributed by atoms with E-state index in [4.69, 9.17) is 11.6 Å². The number of rotatable bonds is 1. The van der Waals surface area contributed by atoms with Crippen molar-refractivity contribution in [3.8, 4) is 10.6 Å². The molecule has 1 heterocycles. The smallest absolute Gasteiger partial charge is 0.124 e. The quantitative estimate of drug-likeness (QED) is 0.733. The summed E-state index contributed by atoms with van der Waals surface area (Å²) in [5.74, 6) is 0. The van der Waals surface area contributed by atoms with Crippen LogP contribution in [-0.2, 0) is 0 Å². The Morgan fingerprint density at radius 2 is 2.23 bits per heavy atom. The fourth-order valence-corrected chi connectivity index (χ4v) is 2.20. The molecular formula is C9H6ClNS2. The van der Waals surface area contributed by atoms with Crippen LogP contribution in [0.1, 0.15) is 0 Å². The minimum Gasteiger partial charge on any atom is -0.245 e. The first kappa shape index (κ1) is 9.06. The number of benzene rings is 1. The summed E-state index contributed by atoms with van der Waals surface area (Å²) in [5.41, 5.74) is 0.992. The molecular weight excluding hydrogens is 222 g/mol. The van der Waals surface area contributed by atoms with Gasteiger partial charge >= 0.3 is 0 Å². The fourth-order valence-electron chi connectivity index (χ4n) is 1.04. The Labute approximate surface area is 90.8 Å². The molecule has 0 amide bonds. The minimum atomic E-state index is 0.711. The number of nitrogens with zero attached hydrogens (tertiary/aromatic N) is 1. The van der Waals surface area contributed by atoms with Gasteiger partial charge < -0.3 is 0 Å². The Bertz CT molecular complexity index is 412. The van der Waals surface area contributed by atoms with Crippen LogP contribution < -0.4 is 0 Å². The van der Waals surface area contributed by atoms with E-state index < -0.39 is 0 Å². The predicted octanol–water partition coefficient (Wildman–Crippen LogP) is 3.75. The Morgan fingerprint density at radius 1 is 1.38 bits per heavy atom. The lowest BCUT2D eigenvalue weighted by Gasteiger charge is -2.00. The van der Waals surface area contributed by atoms with Crippen molar-refractivity contribution >= 4 is 35.6 Å². The Morgan fingerprint density at radius 3 is 2.92 bits per heavy atom. The Kier molecular flexibility index (Phi) is 2.58. The first-order chi connectivity index (χ1) is 6.27. The zero-order chi connectivity index (χ0) is 9.26. The van der Waals surface area contributed by atoms with E-state index in [2.05, 4.69) is 17.6 Å². The number of aromatic nitrogens is 1. The van der Waals surface area contributed by atoms with Gasteiger partial charge in [-0.3, -0.25) is 0 Å². The summed E-state index contributed by atoms with van der Waals surface area (Å²) in [7, 11) is 0. The van der Waals surface area contributed by atoms with Crippen molar-refractivity contribution in [2.75, 3.05) is 0 Å².